The molecule has 0 amide bonds. The summed E-state index contributed by atoms with van der Waals surface area (Å²) in [6.07, 6.45) is 0. The molecule has 0 heterocycles. The van der Waals surface area contributed by atoms with Crippen molar-refractivity contribution in [2.45, 2.75) is 4.33 Å². The molecular weight excluding hydrogens is 179 g/mol. The van der Waals surface area contributed by atoms with Crippen LogP contribution in [0.15, 0.2) is 0 Å². The van der Waals surface area contributed by atoms with Gasteiger partial charge < -0.3 is 15.3 Å². The van der Waals surface area contributed by atoms with E-state index in [1.165, 1.54) is 0 Å². The maximum atomic E-state index is 8.55. The van der Waals surface area contributed by atoms with Gasteiger partial charge in [-0.3, -0.25) is 0 Å². The van der Waals surface area contributed by atoms with Crippen molar-refractivity contribution in [2.75, 3.05) is 19.8 Å². The molecule has 0 radical (unpaired) electrons. The van der Waals surface area contributed by atoms with Gasteiger partial charge in [-0.25, -0.2) is 0 Å². The van der Waals surface area contributed by atoms with Crippen LogP contribution in [0.3, 0.4) is 0 Å². The molecule has 3 nitrogen and oxygen atoms in total. The molecule has 0 rings (SSSR count). The van der Waals surface area contributed by atoms with Crippen LogP contribution in [0.4, 0.5) is 0 Å². The molecule has 0 saturated carbocycles. The third-order valence-corrected chi connectivity index (χ3v) is 2.11. The van der Waals surface area contributed by atoms with Gasteiger partial charge in [0.2, 0.25) is 0 Å². The highest BCUT2D eigenvalue weighted by Gasteiger charge is 2.33. The van der Waals surface area contributed by atoms with Gasteiger partial charge in [-0.05, 0) is 0 Å². The number of halogens is 2. The topological polar surface area (TPSA) is 60.7 Å². The highest BCUT2D eigenvalue weighted by Crippen LogP contribution is 2.29. The van der Waals surface area contributed by atoms with Crippen molar-refractivity contribution < 1.29 is 15.3 Å². The lowest BCUT2D eigenvalue weighted by atomic mass is 10.1. The van der Waals surface area contributed by atoms with Crippen molar-refractivity contribution in [1.82, 2.24) is 0 Å². The zero-order valence-electron chi connectivity index (χ0n) is 5.30. The third-order valence-electron chi connectivity index (χ3n) is 1.25. The molecule has 0 aliphatic carbocycles. The summed E-state index contributed by atoms with van der Waals surface area (Å²) in [5.74, 6) is -0.694. The summed E-state index contributed by atoms with van der Waals surface area (Å²) in [5.41, 5.74) is 0. The van der Waals surface area contributed by atoms with Gasteiger partial charge in [0.05, 0.1) is 19.8 Å². The number of hydrogen-bond acceptors (Lipinski definition) is 3. The van der Waals surface area contributed by atoms with E-state index in [0.717, 1.165) is 0 Å². The number of rotatable bonds is 4. The van der Waals surface area contributed by atoms with Crippen LogP contribution >= 0.6 is 23.2 Å². The minimum atomic E-state index is -1.44. The minimum absolute atomic E-state index is 0.343. The second-order valence-corrected chi connectivity index (χ2v) is 3.52. The van der Waals surface area contributed by atoms with E-state index in [0.29, 0.717) is 0 Å². The second kappa shape index (κ2) is 4.36. The summed E-state index contributed by atoms with van der Waals surface area (Å²) in [5, 5.41) is 25.6. The normalized spacial score (nSPS) is 12.6. The summed E-state index contributed by atoms with van der Waals surface area (Å²) >= 11 is 11.0. The van der Waals surface area contributed by atoms with Gasteiger partial charge in [-0.15, -0.1) is 0 Å². The van der Waals surface area contributed by atoms with Gasteiger partial charge in [-0.1, -0.05) is 23.2 Å². The Hall–Kier alpha value is 0.460. The number of aliphatic hydroxyl groups excluding tert-OH is 3. The first kappa shape index (κ1) is 10.5. The largest absolute Gasteiger partial charge is 0.396 e. The summed E-state index contributed by atoms with van der Waals surface area (Å²) in [7, 11) is 0. The van der Waals surface area contributed by atoms with Crippen LogP contribution in [-0.4, -0.2) is 39.5 Å². The second-order valence-electron chi connectivity index (χ2n) is 1.98. The molecule has 0 aromatic rings. The molecule has 0 aliphatic heterocycles. The highest BCUT2D eigenvalue weighted by atomic mass is 35.5. The Kier molecular flexibility index (Phi) is 4.56. The molecule has 10 heavy (non-hydrogen) atoms. The maximum Gasteiger partial charge on any atom is 0.148 e. The first-order valence-electron chi connectivity index (χ1n) is 2.79. The van der Waals surface area contributed by atoms with E-state index in [1.54, 1.807) is 0 Å². The molecule has 0 aliphatic rings. The van der Waals surface area contributed by atoms with Gasteiger partial charge in [0.1, 0.15) is 4.33 Å². The Morgan fingerprint density at radius 3 is 1.60 bits per heavy atom. The molecule has 0 atom stereocenters. The Morgan fingerprint density at radius 2 is 1.50 bits per heavy atom. The van der Waals surface area contributed by atoms with Crippen molar-refractivity contribution in [1.29, 1.82) is 0 Å². The first-order chi connectivity index (χ1) is 4.58. The third kappa shape index (κ3) is 2.60. The highest BCUT2D eigenvalue weighted by molar-refractivity contribution is 6.48. The van der Waals surface area contributed by atoms with Gasteiger partial charge in [0.25, 0.3) is 0 Å². The van der Waals surface area contributed by atoms with E-state index < -0.39 is 16.9 Å². The van der Waals surface area contributed by atoms with Crippen molar-refractivity contribution in [2.24, 2.45) is 5.92 Å². The standard InChI is InChI=1S/C5H10Cl2O3/c6-5(7,3-10)4(1-8)2-9/h4,8-10H,1-3H2. The number of aliphatic hydroxyl groups is 3. The summed E-state index contributed by atoms with van der Waals surface area (Å²) in [4.78, 5) is 0. The van der Waals surface area contributed by atoms with Crippen LogP contribution in [0.5, 0.6) is 0 Å². The van der Waals surface area contributed by atoms with E-state index in [2.05, 4.69) is 0 Å². The molecule has 0 bridgehead atoms. The Morgan fingerprint density at radius 1 is 1.10 bits per heavy atom. The van der Waals surface area contributed by atoms with E-state index in [1.807, 2.05) is 0 Å². The van der Waals surface area contributed by atoms with E-state index in [4.69, 9.17) is 38.5 Å². The Balaban J connectivity index is 3.97. The molecule has 62 valence electrons. The predicted octanol–water partition coefficient (Wildman–Crippen LogP) is -0.247. The molecule has 0 unspecified atom stereocenters. The molecule has 0 spiro atoms. The van der Waals surface area contributed by atoms with Crippen LogP contribution in [-0.2, 0) is 0 Å². The molecule has 0 fully saturated rings. The fourth-order valence-corrected chi connectivity index (χ4v) is 0.730. The quantitative estimate of drug-likeness (QED) is 0.534. The van der Waals surface area contributed by atoms with E-state index >= 15 is 0 Å². The van der Waals surface area contributed by atoms with Gasteiger partial charge >= 0.3 is 0 Å². The van der Waals surface area contributed by atoms with Crippen LogP contribution < -0.4 is 0 Å². The molecule has 0 aromatic heterocycles. The fourth-order valence-electron chi connectivity index (χ4n) is 0.454. The maximum absolute atomic E-state index is 8.55. The summed E-state index contributed by atoms with van der Waals surface area (Å²) in [6, 6.07) is 0. The zero-order valence-corrected chi connectivity index (χ0v) is 6.81. The number of hydrogen-bond donors (Lipinski definition) is 3. The van der Waals surface area contributed by atoms with Gasteiger partial charge in [0, 0.05) is 5.92 Å². The summed E-state index contributed by atoms with van der Waals surface area (Å²) < 4.78 is -1.44. The zero-order chi connectivity index (χ0) is 8.20. The lowest BCUT2D eigenvalue weighted by molar-refractivity contribution is 0.116. The Labute approximate surface area is 69.2 Å². The lowest BCUT2D eigenvalue weighted by Crippen LogP contribution is -2.34. The molecule has 5 heteroatoms. The average molecular weight is 189 g/mol. The molecule has 0 aromatic carbocycles. The number of alkyl halides is 2. The van der Waals surface area contributed by atoms with Crippen molar-refractivity contribution >= 4 is 23.2 Å². The van der Waals surface area contributed by atoms with Crippen molar-refractivity contribution in [3.63, 3.8) is 0 Å². The van der Waals surface area contributed by atoms with Gasteiger partial charge in [0.15, 0.2) is 0 Å². The average Bonchev–Trinajstić information content (AvgIpc) is 1.90. The minimum Gasteiger partial charge on any atom is -0.396 e. The Bertz CT molecular complexity index is 92.9. The predicted molar refractivity (Wildman–Crippen MR) is 39.2 cm³/mol. The molecule has 3 N–H and O–H groups in total. The smallest absolute Gasteiger partial charge is 0.148 e. The van der Waals surface area contributed by atoms with Crippen LogP contribution in [0.1, 0.15) is 0 Å². The van der Waals surface area contributed by atoms with Crippen LogP contribution in [0.2, 0.25) is 0 Å². The molecule has 0 saturated heterocycles. The van der Waals surface area contributed by atoms with E-state index in [-0.39, 0.29) is 13.2 Å². The van der Waals surface area contributed by atoms with Crippen molar-refractivity contribution in [3.05, 3.63) is 0 Å². The van der Waals surface area contributed by atoms with Gasteiger partial charge in [-0.2, -0.15) is 0 Å². The molecular formula is C5H10Cl2O3. The monoisotopic (exact) mass is 188 g/mol. The van der Waals surface area contributed by atoms with Crippen LogP contribution in [0, 0.1) is 5.92 Å². The SMILES string of the molecule is OCC(CO)C(Cl)(Cl)CO. The summed E-state index contributed by atoms with van der Waals surface area (Å²) in [6.45, 7) is -1.17. The van der Waals surface area contributed by atoms with Crippen LogP contribution in [0.25, 0.3) is 0 Å². The first-order valence-corrected chi connectivity index (χ1v) is 3.54. The fraction of sp³-hybridized carbons (Fsp3) is 1.00. The lowest BCUT2D eigenvalue weighted by Gasteiger charge is -2.24. The van der Waals surface area contributed by atoms with Crippen molar-refractivity contribution in [3.8, 4) is 0 Å². The van der Waals surface area contributed by atoms with E-state index in [9.17, 15) is 0 Å².